The van der Waals surface area contributed by atoms with Gasteiger partial charge in [-0.05, 0) is 131 Å². The third-order valence-electron chi connectivity index (χ3n) is 10.0. The van der Waals surface area contributed by atoms with Crippen LogP contribution >= 0.6 is 11.3 Å². The van der Waals surface area contributed by atoms with Crippen LogP contribution in [0.2, 0.25) is 0 Å². The van der Waals surface area contributed by atoms with Crippen LogP contribution in [0.4, 0.5) is 0 Å². The second-order valence-corrected chi connectivity index (χ2v) is 15.8. The largest absolute Gasteiger partial charge is 0.322 e. The lowest BCUT2D eigenvalue weighted by Gasteiger charge is -2.43. The van der Waals surface area contributed by atoms with Crippen molar-refractivity contribution < 1.29 is 0 Å². The highest BCUT2D eigenvalue weighted by molar-refractivity contribution is 7.09. The zero-order chi connectivity index (χ0) is 35.6. The molecule has 2 heterocycles. The number of hydrogen-bond donors (Lipinski definition) is 2. The first-order valence-electron chi connectivity index (χ1n) is 17.5. The van der Waals surface area contributed by atoms with Gasteiger partial charge in [-0.1, -0.05) is 115 Å². The molecule has 260 valence electrons. The second-order valence-electron chi connectivity index (χ2n) is 14.8. The van der Waals surface area contributed by atoms with Gasteiger partial charge in [-0.15, -0.1) is 0 Å². The summed E-state index contributed by atoms with van der Waals surface area (Å²) in [5.74, 6) is 1.33. The molecule has 0 aliphatic heterocycles. The molecule has 0 fully saturated rings. The molecule has 0 aromatic carbocycles. The van der Waals surface area contributed by atoms with Crippen LogP contribution in [0.1, 0.15) is 112 Å². The molecule has 49 heavy (non-hydrogen) atoms. The van der Waals surface area contributed by atoms with Crippen LogP contribution in [0.25, 0.3) is 12.2 Å². The fraction of sp³-hybridized carbons (Fsp3) is 0.429. The van der Waals surface area contributed by atoms with Crippen molar-refractivity contribution in [3.63, 3.8) is 0 Å². The van der Waals surface area contributed by atoms with E-state index in [1.807, 2.05) is 19.1 Å². The molecule has 4 rings (SSSR count). The molecule has 7 heteroatoms. The van der Waals surface area contributed by atoms with Crippen molar-refractivity contribution in [3.8, 4) is 0 Å². The van der Waals surface area contributed by atoms with Gasteiger partial charge in [0, 0.05) is 0 Å². The van der Waals surface area contributed by atoms with Gasteiger partial charge in [0.2, 0.25) is 0 Å². The molecule has 0 saturated heterocycles. The van der Waals surface area contributed by atoms with Crippen LogP contribution in [-0.2, 0) is 0 Å². The van der Waals surface area contributed by atoms with Crippen LogP contribution < -0.4 is 4.87 Å². The van der Waals surface area contributed by atoms with E-state index in [0.29, 0.717) is 10.9 Å². The van der Waals surface area contributed by atoms with E-state index in [0.717, 1.165) is 28.3 Å². The van der Waals surface area contributed by atoms with E-state index in [2.05, 4.69) is 142 Å². The predicted molar refractivity (Wildman–Crippen MR) is 209 cm³/mol. The van der Waals surface area contributed by atoms with Crippen molar-refractivity contribution in [1.82, 2.24) is 25.4 Å². The van der Waals surface area contributed by atoms with E-state index in [1.165, 1.54) is 72.7 Å². The number of aromatic amines is 2. The van der Waals surface area contributed by atoms with Crippen LogP contribution in [0, 0.1) is 16.7 Å². The van der Waals surface area contributed by atoms with Crippen molar-refractivity contribution in [2.75, 3.05) is 0 Å². The fourth-order valence-corrected chi connectivity index (χ4v) is 7.84. The maximum Gasteiger partial charge on any atom is 0.322 e. The summed E-state index contributed by atoms with van der Waals surface area (Å²) < 4.78 is 0. The van der Waals surface area contributed by atoms with E-state index in [-0.39, 0.29) is 15.7 Å². The van der Waals surface area contributed by atoms with Gasteiger partial charge in [0.15, 0.2) is 0 Å². The molecular formula is C42H55N5OS. The molecule has 0 amide bonds. The molecule has 2 atom stereocenters. The molecule has 2 aliphatic rings. The lowest BCUT2D eigenvalue weighted by Crippen LogP contribution is -2.31. The topological polar surface area (TPSA) is 87.3 Å². The smallest absolute Gasteiger partial charge is 0.260 e. The maximum atomic E-state index is 11.4. The van der Waals surface area contributed by atoms with Crippen molar-refractivity contribution in [2.45, 2.75) is 101 Å². The lowest BCUT2D eigenvalue weighted by atomic mass is 9.61. The van der Waals surface area contributed by atoms with Crippen LogP contribution in [0.5, 0.6) is 0 Å². The van der Waals surface area contributed by atoms with E-state index >= 15 is 0 Å². The summed E-state index contributed by atoms with van der Waals surface area (Å²) in [6, 6.07) is 0. The van der Waals surface area contributed by atoms with E-state index in [4.69, 9.17) is 0 Å². The van der Waals surface area contributed by atoms with Gasteiger partial charge in [-0.25, -0.2) is 10.1 Å². The Morgan fingerprint density at radius 2 is 1.53 bits per heavy atom. The minimum atomic E-state index is -0.134. The van der Waals surface area contributed by atoms with Crippen LogP contribution in [0.3, 0.4) is 0 Å². The van der Waals surface area contributed by atoms with Crippen LogP contribution in [-0.4, -0.2) is 25.4 Å². The Balaban J connectivity index is 1.48. The average molecular weight is 678 g/mol. The highest BCUT2D eigenvalue weighted by Crippen LogP contribution is 2.51. The normalized spacial score (nSPS) is 23.4. The summed E-state index contributed by atoms with van der Waals surface area (Å²) in [6.45, 7) is 20.5. The Morgan fingerprint density at radius 3 is 2.14 bits per heavy atom. The molecule has 2 aromatic heterocycles. The van der Waals surface area contributed by atoms with Crippen molar-refractivity contribution in [3.05, 3.63) is 132 Å². The SMILES string of the molecule is CC1=C(/C=C/C(C)=C/C=C/C(C)=C/c2ncn[nH]2)C(C)(CC2CCC(C)(C)C(/C=C/C(C)=C/C=C/C(C)=C/c3n[nH]c(=O)s3)=C2C)CCC1. The lowest BCUT2D eigenvalue weighted by molar-refractivity contribution is 0.233. The number of nitrogens with zero attached hydrogens (tertiary/aromatic N) is 3. The van der Waals surface area contributed by atoms with E-state index in [1.54, 1.807) is 5.57 Å². The van der Waals surface area contributed by atoms with Gasteiger partial charge >= 0.3 is 4.87 Å². The molecule has 0 bridgehead atoms. The summed E-state index contributed by atoms with van der Waals surface area (Å²) in [5.41, 5.74) is 11.0. The van der Waals surface area contributed by atoms with Gasteiger partial charge in [0.1, 0.15) is 17.2 Å². The Labute approximate surface area is 297 Å². The van der Waals surface area contributed by atoms with E-state index < -0.39 is 0 Å². The van der Waals surface area contributed by atoms with Crippen LogP contribution in [0.15, 0.2) is 116 Å². The molecule has 6 nitrogen and oxygen atoms in total. The molecule has 2 unspecified atom stereocenters. The highest BCUT2D eigenvalue weighted by Gasteiger charge is 2.38. The quantitative estimate of drug-likeness (QED) is 0.219. The zero-order valence-corrected chi connectivity index (χ0v) is 31.8. The van der Waals surface area contributed by atoms with Gasteiger partial charge in [0.05, 0.1) is 0 Å². The molecule has 0 spiro atoms. The molecular weight excluding hydrogens is 623 g/mol. The number of allylic oxidation sites excluding steroid dienone is 18. The first-order chi connectivity index (χ1) is 23.3. The Kier molecular flexibility index (Phi) is 13.1. The Bertz CT molecular complexity index is 1830. The van der Waals surface area contributed by atoms with Gasteiger partial charge in [-0.3, -0.25) is 9.89 Å². The first-order valence-corrected chi connectivity index (χ1v) is 18.3. The molecule has 2 aromatic rings. The molecule has 0 saturated carbocycles. The fourth-order valence-electron chi connectivity index (χ4n) is 7.22. The zero-order valence-electron chi connectivity index (χ0n) is 31.0. The van der Waals surface area contributed by atoms with Gasteiger partial charge < -0.3 is 0 Å². The summed E-state index contributed by atoms with van der Waals surface area (Å²) >= 11 is 1.12. The van der Waals surface area contributed by atoms with Gasteiger partial charge in [-0.2, -0.15) is 10.2 Å². The highest BCUT2D eigenvalue weighted by atomic mass is 32.1. The Morgan fingerprint density at radius 1 is 0.878 bits per heavy atom. The molecule has 0 radical (unpaired) electrons. The summed E-state index contributed by atoms with van der Waals surface area (Å²) in [6.07, 6.45) is 34.7. The number of aromatic nitrogens is 5. The average Bonchev–Trinajstić information content (AvgIpc) is 3.69. The maximum absolute atomic E-state index is 11.4. The summed E-state index contributed by atoms with van der Waals surface area (Å²) in [7, 11) is 0. The first kappa shape index (κ1) is 37.7. The number of H-pyrrole nitrogens is 2. The number of hydrogen-bond acceptors (Lipinski definition) is 5. The van der Waals surface area contributed by atoms with Crippen molar-refractivity contribution in [2.24, 2.45) is 16.7 Å². The summed E-state index contributed by atoms with van der Waals surface area (Å²) in [4.78, 5) is 15.4. The third-order valence-corrected chi connectivity index (χ3v) is 10.7. The molecule has 2 N–H and O–H groups in total. The second kappa shape index (κ2) is 17.0. The Hall–Kier alpha value is -4.10. The summed E-state index contributed by atoms with van der Waals surface area (Å²) in [5, 5.41) is 14.0. The molecule has 2 aliphatic carbocycles. The number of rotatable bonds is 12. The number of nitrogens with one attached hydrogen (secondary N) is 2. The standard InChI is InChI=1S/C42H55N5OS/c1-29(13-10-15-31(3)25-38-43-28-44-45-38)18-20-36-33(5)17-12-23-42(36,9)27-35-22-24-41(7,8)37(34(35)6)21-19-30(2)14-11-16-32(4)26-39-46-47-40(48)49-39/h10-11,13-16,18-21,25-26,28,35H,12,17,22-24,27H2,1-9H3,(H,47,48)(H,43,44,45)/b15-10+,16-11+,20-18+,21-19+,29-13+,30-14+,31-25+,32-26+. The van der Waals surface area contributed by atoms with Crippen molar-refractivity contribution in [1.29, 1.82) is 0 Å². The van der Waals surface area contributed by atoms with Gasteiger partial charge in [0.25, 0.3) is 0 Å². The minimum Gasteiger partial charge on any atom is -0.260 e. The third kappa shape index (κ3) is 10.9. The van der Waals surface area contributed by atoms with E-state index in [9.17, 15) is 4.79 Å². The minimum absolute atomic E-state index is 0.134. The monoisotopic (exact) mass is 677 g/mol. The van der Waals surface area contributed by atoms with Crippen molar-refractivity contribution >= 4 is 23.5 Å². The predicted octanol–water partition coefficient (Wildman–Crippen LogP) is 11.2.